The van der Waals surface area contributed by atoms with Gasteiger partial charge in [0.1, 0.15) is 5.75 Å². The van der Waals surface area contributed by atoms with E-state index in [4.69, 9.17) is 17.0 Å². The lowest BCUT2D eigenvalue weighted by atomic mass is 9.96. The fraction of sp³-hybridized carbons (Fsp3) is 0.238. The molecule has 5 nitrogen and oxygen atoms in total. The molecular formula is C21H22N4OS. The number of aromatic amines is 1. The van der Waals surface area contributed by atoms with E-state index in [9.17, 15) is 0 Å². The van der Waals surface area contributed by atoms with Gasteiger partial charge < -0.3 is 19.9 Å². The van der Waals surface area contributed by atoms with Crippen molar-refractivity contribution in [3.05, 3.63) is 77.4 Å². The average molecular weight is 379 g/mol. The van der Waals surface area contributed by atoms with Crippen LogP contribution < -0.4 is 15.0 Å². The molecule has 0 radical (unpaired) electrons. The number of anilines is 1. The van der Waals surface area contributed by atoms with E-state index < -0.39 is 0 Å². The van der Waals surface area contributed by atoms with Gasteiger partial charge in [-0.25, -0.2) is 0 Å². The fourth-order valence-electron chi connectivity index (χ4n) is 3.74. The van der Waals surface area contributed by atoms with Crippen molar-refractivity contribution in [2.75, 3.05) is 12.0 Å². The lowest BCUT2D eigenvalue weighted by molar-refractivity contribution is 0.415. The Morgan fingerprint density at radius 2 is 1.89 bits per heavy atom. The summed E-state index contributed by atoms with van der Waals surface area (Å²) in [4.78, 5) is 10.2. The normalized spacial score (nSPS) is 19.2. The van der Waals surface area contributed by atoms with Crippen LogP contribution in [0.2, 0.25) is 0 Å². The lowest BCUT2D eigenvalue weighted by Crippen LogP contribution is -2.29. The minimum absolute atomic E-state index is 0.00532. The number of benzene rings is 1. The molecule has 1 aliphatic heterocycles. The van der Waals surface area contributed by atoms with Crippen LogP contribution in [0.4, 0.5) is 5.69 Å². The van der Waals surface area contributed by atoms with Crippen LogP contribution in [0.25, 0.3) is 0 Å². The van der Waals surface area contributed by atoms with E-state index in [2.05, 4.69) is 40.1 Å². The number of nitrogens with one attached hydrogen (secondary N) is 2. The zero-order valence-corrected chi connectivity index (χ0v) is 16.4. The van der Waals surface area contributed by atoms with Crippen LogP contribution >= 0.6 is 12.2 Å². The summed E-state index contributed by atoms with van der Waals surface area (Å²) in [5.74, 6) is 0.823. The number of thiocarbonyl (C=S) groups is 1. The number of ether oxygens (including phenoxy) is 1. The van der Waals surface area contributed by atoms with Crippen LogP contribution in [0.5, 0.6) is 5.75 Å². The summed E-state index contributed by atoms with van der Waals surface area (Å²) in [6.07, 6.45) is 1.82. The summed E-state index contributed by atoms with van der Waals surface area (Å²) in [6.45, 7) is 4.18. The van der Waals surface area contributed by atoms with E-state index >= 15 is 0 Å². The molecule has 4 rings (SSSR count). The molecule has 0 aliphatic carbocycles. The van der Waals surface area contributed by atoms with Crippen molar-refractivity contribution in [2.24, 2.45) is 0 Å². The van der Waals surface area contributed by atoms with Crippen LogP contribution in [0.1, 0.15) is 34.7 Å². The molecule has 2 N–H and O–H groups in total. The summed E-state index contributed by atoms with van der Waals surface area (Å²) in [6, 6.07) is 16.1. The Kier molecular flexibility index (Phi) is 4.58. The average Bonchev–Trinajstić information content (AvgIpc) is 3.20. The Morgan fingerprint density at radius 3 is 2.48 bits per heavy atom. The Morgan fingerprint density at radius 1 is 1.11 bits per heavy atom. The smallest absolute Gasteiger partial charge is 0.174 e. The van der Waals surface area contributed by atoms with E-state index in [1.165, 1.54) is 5.56 Å². The number of methoxy groups -OCH3 is 1. The molecule has 1 aromatic carbocycles. The molecule has 0 saturated carbocycles. The molecule has 138 valence electrons. The van der Waals surface area contributed by atoms with Crippen LogP contribution in [-0.2, 0) is 0 Å². The molecule has 1 saturated heterocycles. The zero-order chi connectivity index (χ0) is 19.0. The summed E-state index contributed by atoms with van der Waals surface area (Å²) < 4.78 is 5.30. The first kappa shape index (κ1) is 17.5. The Bertz CT molecular complexity index is 952. The number of aromatic nitrogens is 2. The van der Waals surface area contributed by atoms with Crippen molar-refractivity contribution in [1.82, 2.24) is 15.3 Å². The number of aryl methyl sites for hydroxylation is 2. The van der Waals surface area contributed by atoms with Gasteiger partial charge in [0.15, 0.2) is 5.11 Å². The monoisotopic (exact) mass is 378 g/mol. The van der Waals surface area contributed by atoms with E-state index in [-0.39, 0.29) is 12.1 Å². The van der Waals surface area contributed by atoms with E-state index in [1.54, 1.807) is 7.11 Å². The fourth-order valence-corrected chi connectivity index (χ4v) is 4.09. The molecule has 3 heterocycles. The van der Waals surface area contributed by atoms with E-state index in [0.717, 1.165) is 28.5 Å². The molecular weight excluding hydrogens is 356 g/mol. The van der Waals surface area contributed by atoms with Gasteiger partial charge in [0, 0.05) is 23.3 Å². The third-order valence-electron chi connectivity index (χ3n) is 4.96. The molecule has 27 heavy (non-hydrogen) atoms. The van der Waals surface area contributed by atoms with Gasteiger partial charge in [-0.2, -0.15) is 0 Å². The number of hydrogen-bond donors (Lipinski definition) is 2. The molecule has 6 heteroatoms. The molecule has 1 aliphatic rings. The molecule has 2 atom stereocenters. The second-order valence-corrected chi connectivity index (χ2v) is 7.11. The van der Waals surface area contributed by atoms with Crippen LogP contribution in [-0.4, -0.2) is 22.2 Å². The van der Waals surface area contributed by atoms with Crippen LogP contribution in [0.3, 0.4) is 0 Å². The molecule has 0 spiro atoms. The van der Waals surface area contributed by atoms with Gasteiger partial charge in [0.05, 0.1) is 24.9 Å². The Labute approximate surface area is 164 Å². The zero-order valence-electron chi connectivity index (χ0n) is 15.6. The van der Waals surface area contributed by atoms with Gasteiger partial charge in [0.25, 0.3) is 0 Å². The van der Waals surface area contributed by atoms with Crippen molar-refractivity contribution in [2.45, 2.75) is 25.9 Å². The third kappa shape index (κ3) is 3.17. The number of nitrogens with zero attached hydrogens (tertiary/aromatic N) is 2. The maximum atomic E-state index is 5.73. The minimum atomic E-state index is -0.0327. The molecule has 2 aromatic heterocycles. The standard InChI is InChI=1S/C21H22N4OS/c1-13-12-17(14(2)23-13)20-19(18-6-4-5-11-22-18)24-21(27)25(20)15-7-9-16(26-3)10-8-15/h4-12,19-20,23H,1-3H3,(H,24,27). The van der Waals surface area contributed by atoms with E-state index in [0.29, 0.717) is 5.11 Å². The van der Waals surface area contributed by atoms with Crippen LogP contribution in [0, 0.1) is 13.8 Å². The number of H-pyrrole nitrogens is 1. The van der Waals surface area contributed by atoms with Gasteiger partial charge in [-0.05, 0) is 74.1 Å². The summed E-state index contributed by atoms with van der Waals surface area (Å²) in [5, 5.41) is 4.18. The van der Waals surface area contributed by atoms with Crippen molar-refractivity contribution in [3.8, 4) is 5.75 Å². The third-order valence-corrected chi connectivity index (χ3v) is 5.27. The number of hydrogen-bond acceptors (Lipinski definition) is 3. The van der Waals surface area contributed by atoms with Crippen LogP contribution in [0.15, 0.2) is 54.7 Å². The maximum Gasteiger partial charge on any atom is 0.174 e. The Hall–Kier alpha value is -2.86. The molecule has 0 amide bonds. The second kappa shape index (κ2) is 7.04. The van der Waals surface area contributed by atoms with Crippen molar-refractivity contribution in [3.63, 3.8) is 0 Å². The first-order valence-corrected chi connectivity index (χ1v) is 9.30. The van der Waals surface area contributed by atoms with E-state index in [1.807, 2.05) is 48.7 Å². The quantitative estimate of drug-likeness (QED) is 0.666. The van der Waals surface area contributed by atoms with Gasteiger partial charge in [-0.3, -0.25) is 4.98 Å². The molecule has 1 fully saturated rings. The lowest BCUT2D eigenvalue weighted by Gasteiger charge is -2.28. The summed E-state index contributed by atoms with van der Waals surface area (Å²) in [5.41, 5.74) is 5.48. The minimum Gasteiger partial charge on any atom is -0.497 e. The summed E-state index contributed by atoms with van der Waals surface area (Å²) >= 11 is 5.73. The number of rotatable bonds is 4. The second-order valence-electron chi connectivity index (χ2n) is 6.73. The highest BCUT2D eigenvalue weighted by Crippen LogP contribution is 2.42. The van der Waals surface area contributed by atoms with Crippen molar-refractivity contribution in [1.29, 1.82) is 0 Å². The highest BCUT2D eigenvalue weighted by molar-refractivity contribution is 7.80. The largest absolute Gasteiger partial charge is 0.497 e. The number of pyridine rings is 1. The summed E-state index contributed by atoms with van der Waals surface area (Å²) in [7, 11) is 1.67. The maximum absolute atomic E-state index is 5.73. The molecule has 0 bridgehead atoms. The van der Waals surface area contributed by atoms with Crippen molar-refractivity contribution >= 4 is 23.0 Å². The first-order valence-electron chi connectivity index (χ1n) is 8.89. The molecule has 3 aromatic rings. The highest BCUT2D eigenvalue weighted by atomic mass is 32.1. The first-order chi connectivity index (χ1) is 13.1. The SMILES string of the molecule is COc1ccc(N2C(=S)NC(c3ccccn3)C2c2cc(C)[nH]c2C)cc1. The van der Waals surface area contributed by atoms with Gasteiger partial charge in [-0.15, -0.1) is 0 Å². The molecule has 2 unspecified atom stereocenters. The van der Waals surface area contributed by atoms with Gasteiger partial charge in [-0.1, -0.05) is 6.07 Å². The highest BCUT2D eigenvalue weighted by Gasteiger charge is 2.41. The predicted molar refractivity (Wildman–Crippen MR) is 111 cm³/mol. The van der Waals surface area contributed by atoms with Gasteiger partial charge in [0.2, 0.25) is 0 Å². The topological polar surface area (TPSA) is 53.2 Å². The Balaban J connectivity index is 1.83. The predicted octanol–water partition coefficient (Wildman–Crippen LogP) is 4.21. The van der Waals surface area contributed by atoms with Crippen molar-refractivity contribution < 1.29 is 4.74 Å². The van der Waals surface area contributed by atoms with Gasteiger partial charge >= 0.3 is 0 Å².